The first-order chi connectivity index (χ1) is 7.67. The van der Waals surface area contributed by atoms with E-state index >= 15 is 0 Å². The molecule has 0 radical (unpaired) electrons. The molecule has 0 saturated carbocycles. The number of hydrogen-bond donors (Lipinski definition) is 1. The maximum atomic E-state index is 10.2. The van der Waals surface area contributed by atoms with Crippen LogP contribution in [0.4, 0.5) is 5.69 Å². The van der Waals surface area contributed by atoms with Gasteiger partial charge in [-0.05, 0) is 12.1 Å². The van der Waals surface area contributed by atoms with E-state index in [0.29, 0.717) is 31.1 Å². The SMILES string of the molecule is CCC(=O)CC.Nc1ccc2c(c1)OCO2. The summed E-state index contributed by atoms with van der Waals surface area (Å²) < 4.78 is 10.2. The molecule has 0 fully saturated rings. The Morgan fingerprint density at radius 3 is 2.44 bits per heavy atom. The molecule has 2 rings (SSSR count). The lowest BCUT2D eigenvalue weighted by atomic mass is 10.3. The van der Waals surface area contributed by atoms with Crippen LogP contribution in [0.25, 0.3) is 0 Å². The van der Waals surface area contributed by atoms with E-state index in [1.165, 1.54) is 0 Å². The summed E-state index contributed by atoms with van der Waals surface area (Å²) in [6, 6.07) is 5.34. The molecule has 0 unspecified atom stereocenters. The van der Waals surface area contributed by atoms with Gasteiger partial charge >= 0.3 is 0 Å². The summed E-state index contributed by atoms with van der Waals surface area (Å²) >= 11 is 0. The van der Waals surface area contributed by atoms with E-state index in [1.54, 1.807) is 18.2 Å². The molecule has 0 saturated heterocycles. The molecular weight excluding hydrogens is 206 g/mol. The Balaban J connectivity index is 0.000000187. The zero-order valence-corrected chi connectivity index (χ0v) is 9.66. The fraction of sp³-hybridized carbons (Fsp3) is 0.417. The van der Waals surface area contributed by atoms with Crippen LogP contribution in [-0.2, 0) is 4.79 Å². The highest BCUT2D eigenvalue weighted by Crippen LogP contribution is 2.32. The molecule has 4 nitrogen and oxygen atoms in total. The third-order valence-electron chi connectivity index (χ3n) is 2.19. The summed E-state index contributed by atoms with van der Waals surface area (Å²) in [4.78, 5) is 10.2. The minimum absolute atomic E-state index is 0.304. The predicted molar refractivity (Wildman–Crippen MR) is 62.6 cm³/mol. The summed E-state index contributed by atoms with van der Waals surface area (Å²) in [6.45, 7) is 4.07. The topological polar surface area (TPSA) is 61.6 Å². The molecule has 2 N–H and O–H groups in total. The van der Waals surface area contributed by atoms with E-state index in [4.69, 9.17) is 15.2 Å². The van der Waals surface area contributed by atoms with Crippen LogP contribution >= 0.6 is 0 Å². The number of rotatable bonds is 2. The van der Waals surface area contributed by atoms with E-state index in [0.717, 1.165) is 11.5 Å². The Morgan fingerprint density at radius 2 is 1.88 bits per heavy atom. The number of benzene rings is 1. The molecule has 0 spiro atoms. The first-order valence-electron chi connectivity index (χ1n) is 5.34. The minimum Gasteiger partial charge on any atom is -0.454 e. The highest BCUT2D eigenvalue weighted by atomic mass is 16.7. The van der Waals surface area contributed by atoms with Crippen LogP contribution in [-0.4, -0.2) is 12.6 Å². The molecule has 1 aromatic carbocycles. The van der Waals surface area contributed by atoms with Crippen LogP contribution in [0.1, 0.15) is 26.7 Å². The maximum Gasteiger partial charge on any atom is 0.231 e. The van der Waals surface area contributed by atoms with Crippen molar-refractivity contribution in [2.24, 2.45) is 0 Å². The standard InChI is InChI=1S/C7H7NO2.C5H10O/c8-5-1-2-6-7(3-5)10-4-9-6;1-3-5(6)4-2/h1-3H,4,8H2;3-4H2,1-2H3. The number of carbonyl (C=O) groups is 1. The number of fused-ring (bicyclic) bond motifs is 1. The zero-order valence-electron chi connectivity index (χ0n) is 9.66. The summed E-state index contributed by atoms with van der Waals surface area (Å²) in [5.74, 6) is 1.85. The third kappa shape index (κ3) is 3.46. The second-order valence-electron chi connectivity index (χ2n) is 3.36. The number of carbonyl (C=O) groups excluding carboxylic acids is 1. The van der Waals surface area contributed by atoms with Crippen LogP contribution in [0.15, 0.2) is 18.2 Å². The number of hydrogen-bond acceptors (Lipinski definition) is 4. The van der Waals surface area contributed by atoms with Gasteiger partial charge in [-0.2, -0.15) is 0 Å². The Bertz CT molecular complexity index is 357. The number of nitrogens with two attached hydrogens (primary N) is 1. The van der Waals surface area contributed by atoms with Gasteiger partial charge in [0.15, 0.2) is 11.5 Å². The van der Waals surface area contributed by atoms with E-state index in [9.17, 15) is 4.79 Å². The normalized spacial score (nSPS) is 11.6. The lowest BCUT2D eigenvalue weighted by Gasteiger charge is -1.94. The second kappa shape index (κ2) is 6.00. The molecule has 1 heterocycles. The third-order valence-corrected chi connectivity index (χ3v) is 2.19. The van der Waals surface area contributed by atoms with Gasteiger partial charge < -0.3 is 15.2 Å². The van der Waals surface area contributed by atoms with Crippen molar-refractivity contribution in [3.05, 3.63) is 18.2 Å². The fourth-order valence-electron chi connectivity index (χ4n) is 1.16. The van der Waals surface area contributed by atoms with Crippen molar-refractivity contribution in [2.75, 3.05) is 12.5 Å². The maximum absolute atomic E-state index is 10.2. The van der Waals surface area contributed by atoms with Gasteiger partial charge in [-0.15, -0.1) is 0 Å². The van der Waals surface area contributed by atoms with Crippen molar-refractivity contribution in [3.8, 4) is 11.5 Å². The van der Waals surface area contributed by atoms with E-state index in [1.807, 2.05) is 13.8 Å². The first kappa shape index (κ1) is 12.4. The van der Waals surface area contributed by atoms with Crippen LogP contribution in [0, 0.1) is 0 Å². The Labute approximate surface area is 95.3 Å². The van der Waals surface area contributed by atoms with Gasteiger partial charge in [-0.25, -0.2) is 0 Å². The summed E-state index contributed by atoms with van der Waals surface area (Å²) in [5.41, 5.74) is 6.19. The van der Waals surface area contributed by atoms with E-state index in [2.05, 4.69) is 0 Å². The minimum atomic E-state index is 0.304. The number of nitrogen functional groups attached to an aromatic ring is 1. The summed E-state index contributed by atoms with van der Waals surface area (Å²) in [5, 5.41) is 0. The Hall–Kier alpha value is -1.71. The van der Waals surface area contributed by atoms with E-state index in [-0.39, 0.29) is 0 Å². The molecule has 16 heavy (non-hydrogen) atoms. The fourth-order valence-corrected chi connectivity index (χ4v) is 1.16. The van der Waals surface area contributed by atoms with Gasteiger partial charge in [0.2, 0.25) is 6.79 Å². The van der Waals surface area contributed by atoms with Crippen molar-refractivity contribution >= 4 is 11.5 Å². The number of Topliss-reactive ketones (excluding diaryl/α,β-unsaturated/α-hetero) is 1. The number of anilines is 1. The first-order valence-corrected chi connectivity index (χ1v) is 5.34. The van der Waals surface area contributed by atoms with Crippen LogP contribution in [0.2, 0.25) is 0 Å². The Kier molecular flexibility index (Phi) is 4.64. The molecule has 4 heteroatoms. The van der Waals surface area contributed by atoms with Crippen molar-refractivity contribution in [1.29, 1.82) is 0 Å². The molecular formula is C12H17NO3. The van der Waals surface area contributed by atoms with Gasteiger partial charge in [0.1, 0.15) is 5.78 Å². The molecule has 0 aromatic heterocycles. The number of ketones is 1. The highest BCUT2D eigenvalue weighted by Gasteiger charge is 2.11. The lowest BCUT2D eigenvalue weighted by Crippen LogP contribution is -1.92. The smallest absolute Gasteiger partial charge is 0.231 e. The summed E-state index contributed by atoms with van der Waals surface area (Å²) in [6.07, 6.45) is 1.38. The predicted octanol–water partition coefficient (Wildman–Crippen LogP) is 2.37. The molecule has 0 bridgehead atoms. The molecule has 0 amide bonds. The quantitative estimate of drug-likeness (QED) is 0.782. The monoisotopic (exact) mass is 223 g/mol. The average Bonchev–Trinajstić information content (AvgIpc) is 2.75. The molecule has 88 valence electrons. The molecule has 1 aliphatic rings. The van der Waals surface area contributed by atoms with Crippen molar-refractivity contribution in [1.82, 2.24) is 0 Å². The van der Waals surface area contributed by atoms with Crippen LogP contribution < -0.4 is 15.2 Å². The highest BCUT2D eigenvalue weighted by molar-refractivity contribution is 5.77. The van der Waals surface area contributed by atoms with Gasteiger partial charge in [0.05, 0.1) is 0 Å². The summed E-state index contributed by atoms with van der Waals surface area (Å²) in [7, 11) is 0. The molecule has 1 aliphatic heterocycles. The Morgan fingerprint density at radius 1 is 1.25 bits per heavy atom. The van der Waals surface area contributed by atoms with Gasteiger partial charge in [-0.3, -0.25) is 4.79 Å². The van der Waals surface area contributed by atoms with Gasteiger partial charge in [-0.1, -0.05) is 13.8 Å². The van der Waals surface area contributed by atoms with Crippen LogP contribution in [0.3, 0.4) is 0 Å². The zero-order chi connectivity index (χ0) is 12.0. The van der Waals surface area contributed by atoms with Crippen molar-refractivity contribution in [2.45, 2.75) is 26.7 Å². The largest absolute Gasteiger partial charge is 0.454 e. The lowest BCUT2D eigenvalue weighted by molar-refractivity contribution is -0.118. The molecule has 0 aliphatic carbocycles. The van der Waals surface area contributed by atoms with Crippen molar-refractivity contribution < 1.29 is 14.3 Å². The number of ether oxygens (including phenoxy) is 2. The van der Waals surface area contributed by atoms with E-state index < -0.39 is 0 Å². The van der Waals surface area contributed by atoms with Gasteiger partial charge in [0, 0.05) is 24.6 Å². The molecule has 0 atom stereocenters. The van der Waals surface area contributed by atoms with Gasteiger partial charge in [0.25, 0.3) is 0 Å². The molecule has 1 aromatic rings. The second-order valence-corrected chi connectivity index (χ2v) is 3.36. The van der Waals surface area contributed by atoms with Crippen molar-refractivity contribution in [3.63, 3.8) is 0 Å². The van der Waals surface area contributed by atoms with Crippen LogP contribution in [0.5, 0.6) is 11.5 Å². The average molecular weight is 223 g/mol.